The number of hydrogen-bond donors (Lipinski definition) is 1. The number of hydrogen-bond acceptors (Lipinski definition) is 2. The van der Waals surface area contributed by atoms with Gasteiger partial charge in [-0.3, -0.25) is 0 Å². The monoisotopic (exact) mass is 391 g/mol. The van der Waals surface area contributed by atoms with Crippen LogP contribution in [0.4, 0.5) is 4.39 Å². The van der Waals surface area contributed by atoms with Gasteiger partial charge in [-0.15, -0.1) is 0 Å². The van der Waals surface area contributed by atoms with Gasteiger partial charge in [0.25, 0.3) is 0 Å². The molecule has 0 bridgehead atoms. The topological polar surface area (TPSA) is 21.3 Å². The molecule has 0 saturated carbocycles. The van der Waals surface area contributed by atoms with Crippen LogP contribution >= 0.6 is 39.1 Å². The Morgan fingerprint density at radius 1 is 1.29 bits per heavy atom. The van der Waals surface area contributed by atoms with Crippen molar-refractivity contribution >= 4 is 39.1 Å². The SMILES string of the molecule is CNC(c1cc(Cl)cc(Br)c1OC)c1c(F)cccc1Cl. The van der Waals surface area contributed by atoms with Gasteiger partial charge in [-0.2, -0.15) is 0 Å². The van der Waals surface area contributed by atoms with E-state index in [-0.39, 0.29) is 5.82 Å². The van der Waals surface area contributed by atoms with Crippen LogP contribution in [0.3, 0.4) is 0 Å². The molecule has 2 rings (SSSR count). The van der Waals surface area contributed by atoms with E-state index in [0.29, 0.717) is 31.4 Å². The van der Waals surface area contributed by atoms with Crippen molar-refractivity contribution in [1.82, 2.24) is 5.32 Å². The normalized spacial score (nSPS) is 12.3. The molecule has 0 saturated heterocycles. The molecule has 6 heteroatoms. The minimum atomic E-state index is -0.483. The highest BCUT2D eigenvalue weighted by Gasteiger charge is 2.24. The minimum absolute atomic E-state index is 0.340. The highest BCUT2D eigenvalue weighted by Crippen LogP contribution is 2.40. The molecule has 0 radical (unpaired) electrons. The molecule has 2 aromatic carbocycles. The largest absolute Gasteiger partial charge is 0.495 e. The van der Waals surface area contributed by atoms with Crippen LogP contribution in [0, 0.1) is 5.82 Å². The van der Waals surface area contributed by atoms with Crippen molar-refractivity contribution in [2.24, 2.45) is 0 Å². The first-order valence-electron chi connectivity index (χ1n) is 6.13. The van der Waals surface area contributed by atoms with Crippen LogP contribution in [0.5, 0.6) is 5.75 Å². The van der Waals surface area contributed by atoms with Gasteiger partial charge >= 0.3 is 0 Å². The number of nitrogens with one attached hydrogen (secondary N) is 1. The lowest BCUT2D eigenvalue weighted by molar-refractivity contribution is 0.402. The molecule has 0 spiro atoms. The predicted octanol–water partition coefficient (Wildman–Crippen LogP) is 5.21. The Morgan fingerprint density at radius 2 is 2.00 bits per heavy atom. The highest BCUT2D eigenvalue weighted by molar-refractivity contribution is 9.10. The summed E-state index contributed by atoms with van der Waals surface area (Å²) in [7, 11) is 3.27. The van der Waals surface area contributed by atoms with E-state index in [1.165, 1.54) is 6.07 Å². The highest BCUT2D eigenvalue weighted by atomic mass is 79.9. The van der Waals surface area contributed by atoms with E-state index < -0.39 is 6.04 Å². The third-order valence-corrected chi connectivity index (χ3v) is 4.27. The van der Waals surface area contributed by atoms with Crippen molar-refractivity contribution in [2.75, 3.05) is 14.2 Å². The molecule has 1 atom stereocenters. The van der Waals surface area contributed by atoms with Gasteiger partial charge in [0.1, 0.15) is 11.6 Å². The maximum Gasteiger partial charge on any atom is 0.138 e. The van der Waals surface area contributed by atoms with Gasteiger partial charge in [-0.25, -0.2) is 4.39 Å². The summed E-state index contributed by atoms with van der Waals surface area (Å²) in [4.78, 5) is 0. The van der Waals surface area contributed by atoms with E-state index in [1.54, 1.807) is 38.4 Å². The van der Waals surface area contributed by atoms with Gasteiger partial charge in [0.2, 0.25) is 0 Å². The van der Waals surface area contributed by atoms with Crippen LogP contribution in [0.2, 0.25) is 10.0 Å². The fourth-order valence-corrected chi connectivity index (χ4v) is 3.52. The molecule has 0 heterocycles. The molecule has 1 unspecified atom stereocenters. The second-order valence-electron chi connectivity index (χ2n) is 4.37. The maximum absolute atomic E-state index is 14.2. The van der Waals surface area contributed by atoms with Crippen molar-refractivity contribution in [3.8, 4) is 5.75 Å². The summed E-state index contributed by atoms with van der Waals surface area (Å²) in [5.74, 6) is 0.193. The first-order valence-corrected chi connectivity index (χ1v) is 7.68. The third-order valence-electron chi connectivity index (χ3n) is 3.13. The molecule has 0 aliphatic heterocycles. The van der Waals surface area contributed by atoms with E-state index in [9.17, 15) is 4.39 Å². The summed E-state index contributed by atoms with van der Waals surface area (Å²) in [6.07, 6.45) is 0. The van der Waals surface area contributed by atoms with Gasteiger partial charge in [0, 0.05) is 21.2 Å². The zero-order chi connectivity index (χ0) is 15.6. The summed E-state index contributed by atoms with van der Waals surface area (Å²) in [5.41, 5.74) is 1.06. The summed E-state index contributed by atoms with van der Waals surface area (Å²) in [6.45, 7) is 0. The van der Waals surface area contributed by atoms with Crippen molar-refractivity contribution in [3.63, 3.8) is 0 Å². The zero-order valence-electron chi connectivity index (χ0n) is 11.4. The van der Waals surface area contributed by atoms with Gasteiger partial charge < -0.3 is 10.1 Å². The van der Waals surface area contributed by atoms with Crippen molar-refractivity contribution in [3.05, 3.63) is 61.8 Å². The lowest BCUT2D eigenvalue weighted by Gasteiger charge is -2.22. The minimum Gasteiger partial charge on any atom is -0.495 e. The molecule has 0 amide bonds. The Hall–Kier alpha value is -0.810. The summed E-state index contributed by atoms with van der Waals surface area (Å²) >= 11 is 15.7. The van der Waals surface area contributed by atoms with Crippen LogP contribution < -0.4 is 10.1 Å². The molecule has 2 nitrogen and oxygen atoms in total. The molecule has 0 fully saturated rings. The third kappa shape index (κ3) is 3.34. The molecule has 2 aromatic rings. The Morgan fingerprint density at radius 3 is 2.57 bits per heavy atom. The quantitative estimate of drug-likeness (QED) is 0.770. The van der Waals surface area contributed by atoms with Crippen molar-refractivity contribution in [2.45, 2.75) is 6.04 Å². The fraction of sp³-hybridized carbons (Fsp3) is 0.200. The average Bonchev–Trinajstić information content (AvgIpc) is 2.42. The van der Waals surface area contributed by atoms with E-state index in [1.807, 2.05) is 0 Å². The second-order valence-corrected chi connectivity index (χ2v) is 6.07. The number of benzene rings is 2. The van der Waals surface area contributed by atoms with E-state index >= 15 is 0 Å². The Kier molecular flexibility index (Phi) is 5.49. The van der Waals surface area contributed by atoms with Crippen LogP contribution in [-0.4, -0.2) is 14.2 Å². The molecule has 21 heavy (non-hydrogen) atoms. The van der Waals surface area contributed by atoms with Crippen LogP contribution in [0.1, 0.15) is 17.2 Å². The average molecular weight is 393 g/mol. The Labute approximate surface area is 141 Å². The molecule has 112 valence electrons. The first-order chi connectivity index (χ1) is 9.99. The number of methoxy groups -OCH3 is 1. The number of ether oxygens (including phenoxy) is 1. The Bertz CT molecular complexity index is 646. The van der Waals surface area contributed by atoms with E-state index in [2.05, 4.69) is 21.2 Å². The smallest absolute Gasteiger partial charge is 0.138 e. The summed E-state index contributed by atoms with van der Waals surface area (Å²) in [6, 6.07) is 7.56. The van der Waals surface area contributed by atoms with Gasteiger partial charge in [0.15, 0.2) is 0 Å². The van der Waals surface area contributed by atoms with Crippen LogP contribution in [0.25, 0.3) is 0 Å². The van der Waals surface area contributed by atoms with Gasteiger partial charge in [0.05, 0.1) is 17.6 Å². The maximum atomic E-state index is 14.2. The lowest BCUT2D eigenvalue weighted by Crippen LogP contribution is -2.20. The van der Waals surface area contributed by atoms with E-state index in [4.69, 9.17) is 27.9 Å². The van der Waals surface area contributed by atoms with E-state index in [0.717, 1.165) is 0 Å². The Balaban J connectivity index is 2.67. The van der Waals surface area contributed by atoms with Crippen molar-refractivity contribution < 1.29 is 9.13 Å². The molecule has 0 aliphatic rings. The molecule has 0 aromatic heterocycles. The molecular weight excluding hydrogens is 380 g/mol. The number of rotatable bonds is 4. The summed E-state index contributed by atoms with van der Waals surface area (Å²) < 4.78 is 20.3. The van der Waals surface area contributed by atoms with Gasteiger partial charge in [-0.05, 0) is 47.2 Å². The fourth-order valence-electron chi connectivity index (χ4n) is 2.25. The molecule has 0 aliphatic carbocycles. The first kappa shape index (κ1) is 16.6. The summed E-state index contributed by atoms with van der Waals surface area (Å²) in [5, 5.41) is 3.92. The zero-order valence-corrected chi connectivity index (χ0v) is 14.5. The molecule has 1 N–H and O–H groups in total. The molecular formula is C15H13BrCl2FNO. The second kappa shape index (κ2) is 6.97. The number of halogens is 4. The van der Waals surface area contributed by atoms with Crippen LogP contribution in [-0.2, 0) is 0 Å². The lowest BCUT2D eigenvalue weighted by atomic mass is 9.97. The predicted molar refractivity (Wildman–Crippen MR) is 88.0 cm³/mol. The van der Waals surface area contributed by atoms with Crippen LogP contribution in [0.15, 0.2) is 34.8 Å². The standard InChI is InChI=1S/C15H13BrCl2FNO/c1-20-14(13-11(18)4-3-5-12(13)19)9-6-8(17)7-10(16)15(9)21-2/h3-7,14,20H,1-2H3. The van der Waals surface area contributed by atoms with Gasteiger partial charge in [-0.1, -0.05) is 29.3 Å². The van der Waals surface area contributed by atoms with Crippen molar-refractivity contribution in [1.29, 1.82) is 0 Å².